The molecule has 6 heteroatoms. The lowest BCUT2D eigenvalue weighted by molar-refractivity contribution is 0.0899. The first-order valence-corrected chi connectivity index (χ1v) is 8.45. The molecule has 6 nitrogen and oxygen atoms in total. The van der Waals surface area contributed by atoms with E-state index in [1.165, 1.54) is 5.56 Å². The summed E-state index contributed by atoms with van der Waals surface area (Å²) in [6, 6.07) is 5.73. The van der Waals surface area contributed by atoms with E-state index in [0.717, 1.165) is 26.2 Å². The van der Waals surface area contributed by atoms with Gasteiger partial charge in [-0.05, 0) is 18.2 Å². The maximum Gasteiger partial charge on any atom is 0.267 e. The zero-order chi connectivity index (χ0) is 16.5. The number of likely N-dealkylation sites (tertiary alicyclic amines) is 1. The van der Waals surface area contributed by atoms with Crippen molar-refractivity contribution < 1.29 is 13.9 Å². The average Bonchev–Trinajstić information content (AvgIpc) is 3.31. The standard InChI is InChI=1S/C18H23N3O3/c1-20-5-2-3-16(20)18(22)19-7-14-12-24-17-10-21(9-15(14)17)8-13-4-6-23-11-13/h2-6,11,14-15,17H,7-10,12H2,1H3,(H,19,22)/t14-,15+,17+/m0/s1. The number of carbonyl (C=O) groups is 1. The smallest absolute Gasteiger partial charge is 0.267 e. The lowest BCUT2D eigenvalue weighted by Gasteiger charge is -2.19. The summed E-state index contributed by atoms with van der Waals surface area (Å²) in [5.74, 6) is 0.860. The van der Waals surface area contributed by atoms with Gasteiger partial charge in [0.05, 0.1) is 25.2 Å². The maximum atomic E-state index is 12.3. The van der Waals surface area contributed by atoms with Crippen LogP contribution in [0.5, 0.6) is 0 Å². The van der Waals surface area contributed by atoms with Gasteiger partial charge in [-0.15, -0.1) is 0 Å². The summed E-state index contributed by atoms with van der Waals surface area (Å²) in [5.41, 5.74) is 1.89. The molecule has 1 N–H and O–H groups in total. The number of amides is 1. The first kappa shape index (κ1) is 15.5. The predicted octanol–water partition coefficient (Wildman–Crippen LogP) is 1.49. The molecule has 0 radical (unpaired) electrons. The molecule has 2 aliphatic heterocycles. The number of furan rings is 1. The topological polar surface area (TPSA) is 59.6 Å². The van der Waals surface area contributed by atoms with Gasteiger partial charge in [-0.3, -0.25) is 9.69 Å². The molecule has 2 aromatic rings. The molecule has 3 atom stereocenters. The third-order valence-corrected chi connectivity index (χ3v) is 5.20. The van der Waals surface area contributed by atoms with Gasteiger partial charge >= 0.3 is 0 Å². The van der Waals surface area contributed by atoms with E-state index in [1.54, 1.807) is 12.5 Å². The monoisotopic (exact) mass is 329 g/mol. The fourth-order valence-electron chi connectivity index (χ4n) is 3.87. The molecule has 0 unspecified atom stereocenters. The maximum absolute atomic E-state index is 12.3. The highest BCUT2D eigenvalue weighted by Gasteiger charge is 2.43. The first-order chi connectivity index (χ1) is 11.7. The lowest BCUT2D eigenvalue weighted by Crippen LogP contribution is -2.34. The number of fused-ring (bicyclic) bond motifs is 1. The number of aryl methyl sites for hydroxylation is 1. The van der Waals surface area contributed by atoms with Gasteiger partial charge in [-0.25, -0.2) is 0 Å². The molecule has 0 bridgehead atoms. The van der Waals surface area contributed by atoms with Crippen molar-refractivity contribution in [3.05, 3.63) is 48.2 Å². The minimum atomic E-state index is -0.0146. The van der Waals surface area contributed by atoms with Crippen LogP contribution in [0.4, 0.5) is 0 Å². The van der Waals surface area contributed by atoms with E-state index in [2.05, 4.69) is 10.2 Å². The van der Waals surface area contributed by atoms with Crippen LogP contribution < -0.4 is 5.32 Å². The zero-order valence-corrected chi connectivity index (χ0v) is 13.9. The summed E-state index contributed by atoms with van der Waals surface area (Å²) < 4.78 is 12.9. The van der Waals surface area contributed by atoms with Crippen molar-refractivity contribution in [3.8, 4) is 0 Å². The molecule has 0 aromatic carbocycles. The van der Waals surface area contributed by atoms with Crippen LogP contribution in [-0.2, 0) is 18.3 Å². The van der Waals surface area contributed by atoms with Gasteiger partial charge in [0.1, 0.15) is 5.69 Å². The van der Waals surface area contributed by atoms with Crippen LogP contribution in [0.2, 0.25) is 0 Å². The van der Waals surface area contributed by atoms with E-state index < -0.39 is 0 Å². The summed E-state index contributed by atoms with van der Waals surface area (Å²) in [6.45, 7) is 4.28. The Labute approximate surface area is 141 Å². The van der Waals surface area contributed by atoms with Crippen LogP contribution in [0.1, 0.15) is 16.1 Å². The second kappa shape index (κ2) is 6.45. The summed E-state index contributed by atoms with van der Waals surface area (Å²) in [6.07, 6.45) is 5.68. The Kier molecular flexibility index (Phi) is 4.16. The van der Waals surface area contributed by atoms with Crippen molar-refractivity contribution in [2.45, 2.75) is 12.6 Å². The molecular formula is C18H23N3O3. The number of ether oxygens (including phenoxy) is 1. The van der Waals surface area contributed by atoms with Crippen molar-refractivity contribution in [1.82, 2.24) is 14.8 Å². The second-order valence-electron chi connectivity index (χ2n) is 6.84. The quantitative estimate of drug-likeness (QED) is 0.903. The summed E-state index contributed by atoms with van der Waals surface area (Å²) in [7, 11) is 1.88. The Hall–Kier alpha value is -2.05. The highest BCUT2D eigenvalue weighted by atomic mass is 16.5. The molecule has 2 aromatic heterocycles. The van der Waals surface area contributed by atoms with Crippen molar-refractivity contribution >= 4 is 5.91 Å². The number of carbonyl (C=O) groups excluding carboxylic acids is 1. The fraction of sp³-hybridized carbons (Fsp3) is 0.500. The normalized spacial score (nSPS) is 26.6. The number of rotatable bonds is 5. The molecule has 1 amide bonds. The Morgan fingerprint density at radius 1 is 1.38 bits per heavy atom. The van der Waals surface area contributed by atoms with Gasteiger partial charge in [-0.1, -0.05) is 0 Å². The molecule has 4 heterocycles. The Bertz CT molecular complexity index is 694. The Morgan fingerprint density at radius 2 is 2.29 bits per heavy atom. The van der Waals surface area contributed by atoms with Gasteiger partial charge < -0.3 is 19.0 Å². The highest BCUT2D eigenvalue weighted by Crippen LogP contribution is 2.34. The van der Waals surface area contributed by atoms with Crippen LogP contribution in [-0.4, -0.2) is 47.7 Å². The van der Waals surface area contributed by atoms with Crippen LogP contribution in [0.3, 0.4) is 0 Å². The Morgan fingerprint density at radius 3 is 3.04 bits per heavy atom. The minimum Gasteiger partial charge on any atom is -0.472 e. The van der Waals surface area contributed by atoms with Gasteiger partial charge in [0.25, 0.3) is 5.91 Å². The third-order valence-electron chi connectivity index (χ3n) is 5.20. The van der Waals surface area contributed by atoms with Crippen molar-refractivity contribution in [1.29, 1.82) is 0 Å². The summed E-state index contributed by atoms with van der Waals surface area (Å²) >= 11 is 0. The zero-order valence-electron chi connectivity index (χ0n) is 13.9. The van der Waals surface area contributed by atoms with Gasteiger partial charge in [0.2, 0.25) is 0 Å². The molecule has 128 valence electrons. The third kappa shape index (κ3) is 2.99. The molecular weight excluding hydrogens is 306 g/mol. The van der Waals surface area contributed by atoms with Gasteiger partial charge in [-0.2, -0.15) is 0 Å². The van der Waals surface area contributed by atoms with Crippen molar-refractivity contribution in [3.63, 3.8) is 0 Å². The Balaban J connectivity index is 1.31. The predicted molar refractivity (Wildman–Crippen MR) is 88.5 cm³/mol. The molecule has 0 saturated carbocycles. The van der Waals surface area contributed by atoms with Crippen molar-refractivity contribution in [2.75, 3.05) is 26.2 Å². The first-order valence-electron chi connectivity index (χ1n) is 8.45. The fourth-order valence-corrected chi connectivity index (χ4v) is 3.87. The largest absolute Gasteiger partial charge is 0.472 e. The number of hydrogen-bond acceptors (Lipinski definition) is 4. The minimum absolute atomic E-state index is 0.0146. The van der Waals surface area contributed by atoms with E-state index in [-0.39, 0.29) is 12.0 Å². The molecule has 0 aliphatic carbocycles. The van der Waals surface area contributed by atoms with Crippen LogP contribution in [0, 0.1) is 11.8 Å². The molecule has 2 fully saturated rings. The second-order valence-corrected chi connectivity index (χ2v) is 6.84. The number of nitrogens with zero attached hydrogens (tertiary/aromatic N) is 2. The number of nitrogens with one attached hydrogen (secondary N) is 1. The average molecular weight is 329 g/mol. The number of hydrogen-bond donors (Lipinski definition) is 1. The van der Waals surface area contributed by atoms with Crippen LogP contribution >= 0.6 is 0 Å². The lowest BCUT2D eigenvalue weighted by atomic mass is 9.93. The molecule has 2 saturated heterocycles. The van der Waals surface area contributed by atoms with Crippen LogP contribution in [0.25, 0.3) is 0 Å². The SMILES string of the molecule is Cn1cccc1C(=O)NC[C@H]1CO[C@@H]2CN(Cc3ccoc3)C[C@H]12. The summed E-state index contributed by atoms with van der Waals surface area (Å²) in [4.78, 5) is 14.7. The van der Waals surface area contributed by atoms with E-state index in [1.807, 2.05) is 36.0 Å². The van der Waals surface area contributed by atoms with Gasteiger partial charge in [0.15, 0.2) is 0 Å². The van der Waals surface area contributed by atoms with E-state index in [0.29, 0.717) is 24.1 Å². The molecule has 0 spiro atoms. The molecule has 4 rings (SSSR count). The van der Waals surface area contributed by atoms with E-state index >= 15 is 0 Å². The number of aromatic nitrogens is 1. The highest BCUT2D eigenvalue weighted by molar-refractivity contribution is 5.92. The van der Waals surface area contributed by atoms with Crippen molar-refractivity contribution in [2.24, 2.45) is 18.9 Å². The molecule has 24 heavy (non-hydrogen) atoms. The van der Waals surface area contributed by atoms with E-state index in [9.17, 15) is 4.79 Å². The van der Waals surface area contributed by atoms with Gasteiger partial charge in [0, 0.05) is 56.8 Å². The van der Waals surface area contributed by atoms with Crippen LogP contribution in [0.15, 0.2) is 41.3 Å². The summed E-state index contributed by atoms with van der Waals surface area (Å²) in [5, 5.41) is 3.07. The molecule has 2 aliphatic rings. The van der Waals surface area contributed by atoms with E-state index in [4.69, 9.17) is 9.15 Å².